The van der Waals surface area contributed by atoms with E-state index in [1.165, 1.54) is 0 Å². The third kappa shape index (κ3) is 2.91. The summed E-state index contributed by atoms with van der Waals surface area (Å²) in [5.74, 6) is 0.517. The molecular weight excluding hydrogens is 110 g/mol. The van der Waals surface area contributed by atoms with Gasteiger partial charge in [-0.1, -0.05) is 0 Å². The second-order valence-electron chi connectivity index (χ2n) is 1.97. The van der Waals surface area contributed by atoms with Crippen LogP contribution in [0, 0.1) is 0 Å². The molecule has 0 bridgehead atoms. The zero-order valence-corrected chi connectivity index (χ0v) is 5.28. The van der Waals surface area contributed by atoms with Gasteiger partial charge in [0.1, 0.15) is 0 Å². The van der Waals surface area contributed by atoms with Crippen LogP contribution in [-0.4, -0.2) is 23.0 Å². The number of aliphatic hydroxyl groups excluding tert-OH is 1. The Morgan fingerprint density at radius 3 is 2.29 bits per heavy atom. The monoisotopic (exact) mass is 121 g/mol. The predicted octanol–water partition coefficient (Wildman–Crippen LogP) is -0.374. The highest BCUT2D eigenvalue weighted by atomic mass is 32.1. The van der Waals surface area contributed by atoms with Crippen molar-refractivity contribution < 1.29 is 5.11 Å². The predicted molar refractivity (Wildman–Crippen MR) is 33.5 cm³/mol. The Balaban J connectivity index is 3.36. The Hall–Kier alpha value is 0.270. The molecule has 3 heteroatoms. The van der Waals surface area contributed by atoms with E-state index in [-0.39, 0.29) is 6.61 Å². The minimum atomic E-state index is -0.497. The Labute approximate surface area is 49.1 Å². The molecule has 0 rings (SSSR count). The second-order valence-corrected chi connectivity index (χ2v) is 2.29. The topological polar surface area (TPSA) is 46.2 Å². The maximum atomic E-state index is 8.42. The first kappa shape index (κ1) is 7.27. The second kappa shape index (κ2) is 2.55. The van der Waals surface area contributed by atoms with Gasteiger partial charge in [-0.25, -0.2) is 0 Å². The van der Waals surface area contributed by atoms with Crippen molar-refractivity contribution in [1.29, 1.82) is 0 Å². The Bertz CT molecular complexity index is 49.7. The average molecular weight is 121 g/mol. The van der Waals surface area contributed by atoms with E-state index in [9.17, 15) is 0 Å². The number of nitrogens with two attached hydrogens (primary N) is 1. The molecule has 0 aromatic heterocycles. The van der Waals surface area contributed by atoms with E-state index >= 15 is 0 Å². The molecule has 44 valence electrons. The molecule has 0 spiro atoms. The third-order valence-corrected chi connectivity index (χ3v) is 1.44. The van der Waals surface area contributed by atoms with Crippen molar-refractivity contribution in [2.45, 2.75) is 12.5 Å². The lowest BCUT2D eigenvalue weighted by molar-refractivity contribution is 0.224. The fourth-order valence-electron chi connectivity index (χ4n) is 0.0500. The first-order valence-corrected chi connectivity index (χ1v) is 2.76. The molecule has 0 amide bonds. The van der Waals surface area contributed by atoms with Gasteiger partial charge >= 0.3 is 0 Å². The van der Waals surface area contributed by atoms with E-state index in [2.05, 4.69) is 12.6 Å². The summed E-state index contributed by atoms with van der Waals surface area (Å²) in [6.45, 7) is 1.75. The smallest absolute Gasteiger partial charge is 0.0616 e. The Kier molecular flexibility index (Phi) is 2.64. The van der Waals surface area contributed by atoms with Gasteiger partial charge in [-0.2, -0.15) is 12.6 Å². The Morgan fingerprint density at radius 2 is 2.29 bits per heavy atom. The van der Waals surface area contributed by atoms with Crippen LogP contribution in [0.15, 0.2) is 0 Å². The molecule has 0 aromatic carbocycles. The van der Waals surface area contributed by atoms with Gasteiger partial charge in [-0.3, -0.25) is 0 Å². The molecule has 3 N–H and O–H groups in total. The largest absolute Gasteiger partial charge is 0.394 e. The normalized spacial score (nSPS) is 18.9. The van der Waals surface area contributed by atoms with Gasteiger partial charge in [0.05, 0.1) is 6.61 Å². The standard InChI is InChI=1S/C4H11NOS/c1-4(5,2-6)3-7/h6-7H,2-3,5H2,1H3. The highest BCUT2D eigenvalue weighted by Crippen LogP contribution is 1.97. The van der Waals surface area contributed by atoms with E-state index < -0.39 is 5.54 Å². The van der Waals surface area contributed by atoms with E-state index in [4.69, 9.17) is 10.8 Å². The summed E-state index contributed by atoms with van der Waals surface area (Å²) >= 11 is 3.90. The number of thiol groups is 1. The fraction of sp³-hybridized carbons (Fsp3) is 1.00. The van der Waals surface area contributed by atoms with Crippen LogP contribution in [0.4, 0.5) is 0 Å². The molecule has 2 nitrogen and oxygen atoms in total. The zero-order valence-electron chi connectivity index (χ0n) is 4.39. The molecule has 0 saturated heterocycles. The van der Waals surface area contributed by atoms with Crippen molar-refractivity contribution >= 4 is 12.6 Å². The lowest BCUT2D eigenvalue weighted by Crippen LogP contribution is -2.41. The van der Waals surface area contributed by atoms with Crippen LogP contribution in [0.25, 0.3) is 0 Å². The van der Waals surface area contributed by atoms with Crippen molar-refractivity contribution in [3.8, 4) is 0 Å². The number of aliphatic hydroxyl groups is 1. The summed E-state index contributed by atoms with van der Waals surface area (Å²) < 4.78 is 0. The molecule has 0 aliphatic rings. The van der Waals surface area contributed by atoms with Crippen LogP contribution in [0.2, 0.25) is 0 Å². The van der Waals surface area contributed by atoms with Gasteiger partial charge in [0.2, 0.25) is 0 Å². The van der Waals surface area contributed by atoms with Crippen LogP contribution >= 0.6 is 12.6 Å². The van der Waals surface area contributed by atoms with Gasteiger partial charge in [0.15, 0.2) is 0 Å². The van der Waals surface area contributed by atoms with Crippen molar-refractivity contribution in [1.82, 2.24) is 0 Å². The molecule has 7 heavy (non-hydrogen) atoms. The number of hydrogen-bond acceptors (Lipinski definition) is 3. The summed E-state index contributed by atoms with van der Waals surface area (Å²) in [6.07, 6.45) is 0. The van der Waals surface area contributed by atoms with Crippen LogP contribution < -0.4 is 5.73 Å². The van der Waals surface area contributed by atoms with Gasteiger partial charge in [0, 0.05) is 11.3 Å². The number of rotatable bonds is 2. The maximum absolute atomic E-state index is 8.42. The molecule has 0 radical (unpaired) electrons. The van der Waals surface area contributed by atoms with Crippen molar-refractivity contribution in [2.75, 3.05) is 12.4 Å². The number of hydrogen-bond donors (Lipinski definition) is 3. The summed E-state index contributed by atoms with van der Waals surface area (Å²) in [7, 11) is 0. The minimum Gasteiger partial charge on any atom is -0.394 e. The average Bonchev–Trinajstić information content (AvgIpc) is 1.68. The summed E-state index contributed by atoms with van der Waals surface area (Å²) in [5, 5.41) is 8.42. The molecule has 0 heterocycles. The van der Waals surface area contributed by atoms with Crippen molar-refractivity contribution in [3.05, 3.63) is 0 Å². The lowest BCUT2D eigenvalue weighted by Gasteiger charge is -2.17. The van der Waals surface area contributed by atoms with Crippen LogP contribution in [0.3, 0.4) is 0 Å². The summed E-state index contributed by atoms with van der Waals surface area (Å²) in [4.78, 5) is 0. The molecule has 0 fully saturated rings. The first-order chi connectivity index (χ1) is 3.12. The molecule has 1 atom stereocenters. The lowest BCUT2D eigenvalue weighted by atomic mass is 10.1. The molecular formula is C4H11NOS. The van der Waals surface area contributed by atoms with Crippen molar-refractivity contribution in [2.24, 2.45) is 5.73 Å². The van der Waals surface area contributed by atoms with Crippen LogP contribution in [0.1, 0.15) is 6.92 Å². The summed E-state index contributed by atoms with van der Waals surface area (Å²) in [6, 6.07) is 0. The third-order valence-electron chi connectivity index (χ3n) is 0.722. The van der Waals surface area contributed by atoms with Gasteiger partial charge in [-0.05, 0) is 6.92 Å². The highest BCUT2D eigenvalue weighted by molar-refractivity contribution is 7.80. The zero-order chi connectivity index (χ0) is 5.91. The molecule has 1 unspecified atom stereocenters. The van der Waals surface area contributed by atoms with E-state index in [0.717, 1.165) is 0 Å². The van der Waals surface area contributed by atoms with Gasteiger partial charge in [-0.15, -0.1) is 0 Å². The fourth-order valence-corrected chi connectivity index (χ4v) is 0.150. The molecule has 0 aliphatic carbocycles. The van der Waals surface area contributed by atoms with Crippen molar-refractivity contribution in [3.63, 3.8) is 0 Å². The summed E-state index contributed by atoms with van der Waals surface area (Å²) in [5.41, 5.74) is 4.89. The SMILES string of the molecule is CC(N)(CO)CS. The highest BCUT2D eigenvalue weighted by Gasteiger charge is 2.12. The Morgan fingerprint density at radius 1 is 1.86 bits per heavy atom. The maximum Gasteiger partial charge on any atom is 0.0616 e. The van der Waals surface area contributed by atoms with E-state index in [1.54, 1.807) is 6.92 Å². The molecule has 0 aromatic rings. The van der Waals surface area contributed by atoms with E-state index in [1.807, 2.05) is 0 Å². The minimum absolute atomic E-state index is 0.00347. The van der Waals surface area contributed by atoms with Crippen LogP contribution in [0.5, 0.6) is 0 Å². The quantitative estimate of drug-likeness (QED) is 0.436. The van der Waals surface area contributed by atoms with E-state index in [0.29, 0.717) is 5.75 Å². The molecule has 0 saturated carbocycles. The first-order valence-electron chi connectivity index (χ1n) is 2.13. The molecule has 0 aliphatic heterocycles. The van der Waals surface area contributed by atoms with Crippen LogP contribution in [-0.2, 0) is 0 Å². The van der Waals surface area contributed by atoms with Gasteiger partial charge < -0.3 is 10.8 Å². The van der Waals surface area contributed by atoms with Gasteiger partial charge in [0.25, 0.3) is 0 Å².